The molecule has 0 bridgehead atoms. The number of piperazine rings is 1. The van der Waals surface area contributed by atoms with Crippen LogP contribution in [0, 0.1) is 0 Å². The first-order chi connectivity index (χ1) is 13.4. The van der Waals surface area contributed by atoms with E-state index in [0.717, 1.165) is 0 Å². The van der Waals surface area contributed by atoms with Gasteiger partial charge in [0.2, 0.25) is 21.8 Å². The summed E-state index contributed by atoms with van der Waals surface area (Å²) in [6, 6.07) is 6.00. The number of hydrogen-bond acceptors (Lipinski definition) is 6. The molecule has 1 aliphatic rings. The monoisotopic (exact) mass is 442 g/mol. The van der Waals surface area contributed by atoms with Crippen molar-refractivity contribution >= 4 is 49.9 Å². The summed E-state index contributed by atoms with van der Waals surface area (Å²) in [6.07, 6.45) is 1.71. The van der Waals surface area contributed by atoms with Crippen molar-refractivity contribution in [1.29, 1.82) is 0 Å². The topological polar surface area (TPSA) is 99.7 Å². The van der Waals surface area contributed by atoms with Gasteiger partial charge in [0, 0.05) is 55.6 Å². The van der Waals surface area contributed by atoms with E-state index in [1.54, 1.807) is 16.5 Å². The minimum absolute atomic E-state index is 0.0572. The Hall–Kier alpha value is -2.01. The van der Waals surface area contributed by atoms with Gasteiger partial charge in [-0.15, -0.1) is 11.3 Å². The highest BCUT2D eigenvalue weighted by Gasteiger charge is 2.30. The number of aromatic nitrogens is 1. The van der Waals surface area contributed by atoms with Crippen LogP contribution >= 0.6 is 22.9 Å². The van der Waals surface area contributed by atoms with Crippen LogP contribution in [0.3, 0.4) is 0 Å². The molecule has 1 N–H and O–H groups in total. The highest BCUT2D eigenvalue weighted by atomic mass is 35.5. The van der Waals surface area contributed by atoms with Crippen molar-refractivity contribution < 1.29 is 18.0 Å². The maximum absolute atomic E-state index is 12.7. The van der Waals surface area contributed by atoms with E-state index >= 15 is 0 Å². The average Bonchev–Trinajstić information content (AvgIpc) is 3.19. The zero-order valence-corrected chi connectivity index (χ0v) is 17.3. The van der Waals surface area contributed by atoms with Crippen LogP contribution in [0.2, 0.25) is 5.02 Å². The summed E-state index contributed by atoms with van der Waals surface area (Å²) in [4.78, 5) is 29.9. The SMILES string of the molecule is O=C(CCC(=O)N1CCN(S(=O)(=O)c2ccc(Cl)cc2)CC1)Nc1nccs1. The van der Waals surface area contributed by atoms with Crippen molar-refractivity contribution in [2.45, 2.75) is 17.7 Å². The molecule has 1 aromatic heterocycles. The van der Waals surface area contributed by atoms with Crippen LogP contribution in [0.15, 0.2) is 40.7 Å². The molecule has 2 aromatic rings. The number of carbonyl (C=O) groups is 2. The highest BCUT2D eigenvalue weighted by Crippen LogP contribution is 2.20. The Morgan fingerprint density at radius 1 is 1.11 bits per heavy atom. The van der Waals surface area contributed by atoms with Crippen molar-refractivity contribution in [2.75, 3.05) is 31.5 Å². The molecule has 8 nitrogen and oxygen atoms in total. The van der Waals surface area contributed by atoms with Gasteiger partial charge in [-0.25, -0.2) is 13.4 Å². The number of rotatable bonds is 6. The first kappa shape index (κ1) is 20.7. The number of carbonyl (C=O) groups excluding carboxylic acids is 2. The summed E-state index contributed by atoms with van der Waals surface area (Å²) in [7, 11) is -3.62. The molecule has 0 spiro atoms. The lowest BCUT2D eigenvalue weighted by Crippen LogP contribution is -2.50. The first-order valence-electron chi connectivity index (χ1n) is 8.59. The number of amides is 2. The van der Waals surface area contributed by atoms with Crippen molar-refractivity contribution in [3.05, 3.63) is 40.9 Å². The van der Waals surface area contributed by atoms with E-state index in [-0.39, 0.29) is 42.6 Å². The van der Waals surface area contributed by atoms with E-state index in [2.05, 4.69) is 10.3 Å². The second-order valence-corrected chi connectivity index (χ2v) is 9.39. The zero-order chi connectivity index (χ0) is 20.1. The van der Waals surface area contributed by atoms with Gasteiger partial charge in [-0.2, -0.15) is 4.31 Å². The summed E-state index contributed by atoms with van der Waals surface area (Å²) < 4.78 is 26.7. The third-order valence-electron chi connectivity index (χ3n) is 4.29. The highest BCUT2D eigenvalue weighted by molar-refractivity contribution is 7.89. The summed E-state index contributed by atoms with van der Waals surface area (Å²) in [5.41, 5.74) is 0. The van der Waals surface area contributed by atoms with Gasteiger partial charge in [-0.1, -0.05) is 11.6 Å². The molecule has 1 fully saturated rings. The predicted molar refractivity (Wildman–Crippen MR) is 107 cm³/mol. The molecule has 0 saturated carbocycles. The Kier molecular flexibility index (Phi) is 6.65. The quantitative estimate of drug-likeness (QED) is 0.738. The van der Waals surface area contributed by atoms with Gasteiger partial charge in [0.25, 0.3) is 0 Å². The fourth-order valence-electron chi connectivity index (χ4n) is 2.78. The first-order valence-corrected chi connectivity index (χ1v) is 11.3. The maximum atomic E-state index is 12.7. The maximum Gasteiger partial charge on any atom is 0.243 e. The molecule has 3 rings (SSSR count). The lowest BCUT2D eigenvalue weighted by Gasteiger charge is -2.34. The molecular weight excluding hydrogens is 424 g/mol. The predicted octanol–water partition coefficient (Wildman–Crippen LogP) is 2.05. The van der Waals surface area contributed by atoms with Crippen LogP contribution in [0.1, 0.15) is 12.8 Å². The number of sulfonamides is 1. The van der Waals surface area contributed by atoms with E-state index in [1.165, 1.54) is 39.9 Å². The number of anilines is 1. The lowest BCUT2D eigenvalue weighted by molar-refractivity contribution is -0.133. The normalized spacial score (nSPS) is 15.4. The van der Waals surface area contributed by atoms with Crippen molar-refractivity contribution in [1.82, 2.24) is 14.2 Å². The number of hydrogen-bond donors (Lipinski definition) is 1. The van der Waals surface area contributed by atoms with Crippen LogP contribution < -0.4 is 5.32 Å². The van der Waals surface area contributed by atoms with Crippen molar-refractivity contribution in [3.8, 4) is 0 Å². The second kappa shape index (κ2) is 8.99. The van der Waals surface area contributed by atoms with E-state index in [4.69, 9.17) is 11.6 Å². The summed E-state index contributed by atoms with van der Waals surface area (Å²) in [6.45, 7) is 1.00. The molecule has 150 valence electrons. The fraction of sp³-hybridized carbons (Fsp3) is 0.353. The molecule has 0 unspecified atom stereocenters. The second-order valence-electron chi connectivity index (χ2n) is 6.12. The smallest absolute Gasteiger partial charge is 0.243 e. The standard InChI is InChI=1S/C17H19ClN4O4S2/c18-13-1-3-14(4-2-13)28(25,26)22-10-8-21(9-11-22)16(24)6-5-15(23)20-17-19-7-12-27-17/h1-4,7,12H,5-6,8-11H2,(H,19,20,23). The molecule has 2 amide bonds. The Morgan fingerprint density at radius 2 is 1.79 bits per heavy atom. The van der Waals surface area contributed by atoms with Gasteiger partial charge in [0.05, 0.1) is 4.90 Å². The largest absolute Gasteiger partial charge is 0.340 e. The fourth-order valence-corrected chi connectivity index (χ4v) is 4.87. The van der Waals surface area contributed by atoms with Gasteiger partial charge in [0.1, 0.15) is 0 Å². The van der Waals surface area contributed by atoms with Gasteiger partial charge in [-0.3, -0.25) is 9.59 Å². The number of benzene rings is 1. The lowest BCUT2D eigenvalue weighted by atomic mass is 10.2. The summed E-state index contributed by atoms with van der Waals surface area (Å²) in [5.74, 6) is -0.440. The van der Waals surface area contributed by atoms with Crippen LogP contribution in [0.5, 0.6) is 0 Å². The van der Waals surface area contributed by atoms with Crippen molar-refractivity contribution in [3.63, 3.8) is 0 Å². The number of halogens is 1. The van der Waals surface area contributed by atoms with E-state index in [9.17, 15) is 18.0 Å². The molecule has 28 heavy (non-hydrogen) atoms. The summed E-state index contributed by atoms with van der Waals surface area (Å²) >= 11 is 7.12. The third-order valence-corrected chi connectivity index (χ3v) is 7.14. The van der Waals surface area contributed by atoms with Gasteiger partial charge in [-0.05, 0) is 24.3 Å². The molecule has 1 aliphatic heterocycles. The van der Waals surface area contributed by atoms with Gasteiger partial charge < -0.3 is 10.2 Å². The molecular formula is C17H19ClN4O4S2. The molecule has 11 heteroatoms. The Labute approximate surface area is 172 Å². The zero-order valence-electron chi connectivity index (χ0n) is 14.9. The molecule has 2 heterocycles. The average molecular weight is 443 g/mol. The van der Waals surface area contributed by atoms with Crippen molar-refractivity contribution in [2.24, 2.45) is 0 Å². The number of thiazole rings is 1. The number of nitrogens with one attached hydrogen (secondary N) is 1. The summed E-state index contributed by atoms with van der Waals surface area (Å²) in [5, 5.41) is 5.34. The van der Waals surface area contributed by atoms with E-state index in [0.29, 0.717) is 23.2 Å². The van der Waals surface area contributed by atoms with Crippen LogP contribution in [0.4, 0.5) is 5.13 Å². The number of nitrogens with zero attached hydrogens (tertiary/aromatic N) is 3. The molecule has 0 radical (unpaired) electrons. The van der Waals surface area contributed by atoms with E-state index < -0.39 is 10.0 Å². The molecule has 0 atom stereocenters. The van der Waals surface area contributed by atoms with Crippen LogP contribution in [-0.4, -0.2) is 60.6 Å². The Bertz CT molecular complexity index is 925. The Balaban J connectivity index is 1.48. The van der Waals surface area contributed by atoms with E-state index in [1.807, 2.05) is 0 Å². The molecule has 1 saturated heterocycles. The minimum atomic E-state index is -3.62. The van der Waals surface area contributed by atoms with Gasteiger partial charge in [0.15, 0.2) is 5.13 Å². The minimum Gasteiger partial charge on any atom is -0.340 e. The van der Waals surface area contributed by atoms with Gasteiger partial charge >= 0.3 is 0 Å². The third kappa shape index (κ3) is 5.07. The van der Waals surface area contributed by atoms with Crippen LogP contribution in [0.25, 0.3) is 0 Å². The molecule has 1 aromatic carbocycles. The van der Waals surface area contributed by atoms with Crippen LogP contribution in [-0.2, 0) is 19.6 Å². The molecule has 0 aliphatic carbocycles. The Morgan fingerprint density at radius 3 is 2.39 bits per heavy atom.